The molecule has 0 saturated carbocycles. The predicted molar refractivity (Wildman–Crippen MR) is 154 cm³/mol. The molecule has 1 aliphatic rings. The number of hydrogen-bond acceptors (Lipinski definition) is 8. The number of benzene rings is 2. The number of rotatable bonds is 10. The van der Waals surface area contributed by atoms with Gasteiger partial charge in [0.15, 0.2) is 6.61 Å². The van der Waals surface area contributed by atoms with E-state index in [0.29, 0.717) is 28.7 Å². The van der Waals surface area contributed by atoms with Gasteiger partial charge in [0.1, 0.15) is 23.8 Å². The van der Waals surface area contributed by atoms with Gasteiger partial charge in [-0.3, -0.25) is 0 Å². The first kappa shape index (κ1) is 31.2. The summed E-state index contributed by atoms with van der Waals surface area (Å²) in [6, 6.07) is 8.84. The van der Waals surface area contributed by atoms with Gasteiger partial charge in [0.05, 0.1) is 52.3 Å². The molecule has 1 saturated heterocycles. The van der Waals surface area contributed by atoms with Gasteiger partial charge < -0.3 is 30.7 Å². The van der Waals surface area contributed by atoms with Crippen LogP contribution in [0.25, 0.3) is 10.1 Å². The lowest BCUT2D eigenvalue weighted by Crippen LogP contribution is -2.46. The van der Waals surface area contributed by atoms with Crippen molar-refractivity contribution in [3.05, 3.63) is 46.6 Å². The van der Waals surface area contributed by atoms with Gasteiger partial charge >= 0.3 is 6.18 Å². The number of fused-ring (bicyclic) bond motifs is 1. The van der Waals surface area contributed by atoms with Gasteiger partial charge in [-0.2, -0.15) is 18.4 Å². The molecule has 0 bridgehead atoms. The van der Waals surface area contributed by atoms with Crippen molar-refractivity contribution in [3.8, 4) is 23.7 Å². The Bertz CT molecular complexity index is 1490. The third kappa shape index (κ3) is 7.94. The maximum atomic E-state index is 14.7. The number of ether oxygens (including phenoxy) is 1. The summed E-state index contributed by atoms with van der Waals surface area (Å²) in [5.74, 6) is 5.16. The predicted octanol–water partition coefficient (Wildman–Crippen LogP) is 5.37. The van der Waals surface area contributed by atoms with Gasteiger partial charge in [-0.25, -0.2) is 8.78 Å². The van der Waals surface area contributed by atoms with Crippen LogP contribution < -0.4 is 20.7 Å². The molecule has 0 spiro atoms. The number of alkyl halides is 4. The molecule has 42 heavy (non-hydrogen) atoms. The lowest BCUT2D eigenvalue weighted by Gasteiger charge is -2.33. The number of hydrogen-bond donors (Lipinski definition) is 4. The highest BCUT2D eigenvalue weighted by Crippen LogP contribution is 2.39. The van der Waals surface area contributed by atoms with Crippen LogP contribution >= 0.6 is 11.3 Å². The lowest BCUT2D eigenvalue weighted by molar-refractivity contribution is -0.126. The van der Waals surface area contributed by atoms with Crippen molar-refractivity contribution < 1.29 is 31.8 Å². The smallest absolute Gasteiger partial charge is 0.393 e. The van der Waals surface area contributed by atoms with Crippen molar-refractivity contribution in [1.82, 2.24) is 4.90 Å². The zero-order valence-corrected chi connectivity index (χ0v) is 23.6. The first-order chi connectivity index (χ1) is 20.1. The van der Waals surface area contributed by atoms with E-state index in [4.69, 9.17) is 15.1 Å². The number of piperidine rings is 1. The zero-order valence-electron chi connectivity index (χ0n) is 22.7. The van der Waals surface area contributed by atoms with Crippen molar-refractivity contribution in [1.29, 1.82) is 5.26 Å². The Morgan fingerprint density at radius 3 is 2.71 bits per heavy atom. The molecule has 7 nitrogen and oxygen atoms in total. The molecular weight excluding hydrogens is 577 g/mol. The van der Waals surface area contributed by atoms with Crippen molar-refractivity contribution in [2.24, 2.45) is 0 Å². The average molecular weight is 608 g/mol. The van der Waals surface area contributed by atoms with E-state index in [9.17, 15) is 22.0 Å². The van der Waals surface area contributed by atoms with E-state index in [1.54, 1.807) is 18.2 Å². The molecular formula is C29H30F5N5O2S. The van der Waals surface area contributed by atoms with Crippen LogP contribution in [0.15, 0.2) is 30.3 Å². The highest BCUT2D eigenvalue weighted by Gasteiger charge is 2.32. The molecule has 4 rings (SSSR count). The van der Waals surface area contributed by atoms with E-state index < -0.39 is 30.6 Å². The summed E-state index contributed by atoms with van der Waals surface area (Å²) in [7, 11) is 1.84. The second-order valence-corrected chi connectivity index (χ2v) is 10.8. The Kier molecular flexibility index (Phi) is 10.3. The van der Waals surface area contributed by atoms with Crippen LogP contribution in [0.2, 0.25) is 0 Å². The van der Waals surface area contributed by atoms with Gasteiger partial charge in [0, 0.05) is 31.8 Å². The van der Waals surface area contributed by atoms with Gasteiger partial charge in [-0.15, -0.1) is 11.3 Å². The van der Waals surface area contributed by atoms with Crippen molar-refractivity contribution in [2.75, 3.05) is 62.4 Å². The Hall–Kier alpha value is -3.78. The standard InChI is InChI=1S/C29H30F5N5O2S/c1-39-11-7-22(21(31)17-39)38-23-5-2-4-18-19(16-29(32,33)34)27(42-28(18)23)6-3-9-36-25-14-20(30)24(37-10-12-40)15-26(25)41-13-8-35/h2,4-5,14-15,21-22,36-38,40H,7,9-13,16-17H2,1H3. The number of likely N-dealkylation sites (tertiary alicyclic amines) is 1. The zero-order chi connectivity index (χ0) is 30.3. The summed E-state index contributed by atoms with van der Waals surface area (Å²) in [6.45, 7) is 0.503. The number of nitrogens with one attached hydrogen (secondary N) is 3. The second kappa shape index (κ2) is 13.9. The van der Waals surface area contributed by atoms with E-state index >= 15 is 0 Å². The molecule has 224 valence electrons. The minimum Gasteiger partial charge on any atom is -0.477 e. The van der Waals surface area contributed by atoms with E-state index in [0.717, 1.165) is 17.4 Å². The number of aliphatic hydroxyl groups is 1. The average Bonchev–Trinajstić information content (AvgIpc) is 3.27. The molecule has 2 unspecified atom stereocenters. The Morgan fingerprint density at radius 2 is 2.00 bits per heavy atom. The maximum absolute atomic E-state index is 14.7. The van der Waals surface area contributed by atoms with E-state index in [1.165, 1.54) is 6.07 Å². The van der Waals surface area contributed by atoms with E-state index in [2.05, 4.69) is 27.8 Å². The second-order valence-electron chi connectivity index (χ2n) is 9.78. The number of nitrogens with zero attached hydrogens (tertiary/aromatic N) is 2. The summed E-state index contributed by atoms with van der Waals surface area (Å²) < 4.78 is 75.9. The third-order valence-electron chi connectivity index (χ3n) is 6.64. The first-order valence-electron chi connectivity index (χ1n) is 13.2. The number of aliphatic hydroxyl groups excluding tert-OH is 1. The van der Waals surface area contributed by atoms with Crippen LogP contribution in [0, 0.1) is 29.0 Å². The van der Waals surface area contributed by atoms with Crippen LogP contribution in [0.4, 0.5) is 39.0 Å². The minimum atomic E-state index is -4.47. The molecule has 0 aliphatic carbocycles. The molecule has 1 fully saturated rings. The minimum absolute atomic E-state index is 0.0437. The normalized spacial score (nSPS) is 17.3. The molecule has 0 radical (unpaired) electrons. The Morgan fingerprint density at radius 1 is 1.19 bits per heavy atom. The third-order valence-corrected chi connectivity index (χ3v) is 7.84. The summed E-state index contributed by atoms with van der Waals surface area (Å²) in [4.78, 5) is 2.13. The van der Waals surface area contributed by atoms with Crippen molar-refractivity contribution in [2.45, 2.75) is 31.2 Å². The van der Waals surface area contributed by atoms with E-state index in [-0.39, 0.29) is 60.4 Å². The van der Waals surface area contributed by atoms with Crippen LogP contribution in [-0.2, 0) is 6.42 Å². The van der Waals surface area contributed by atoms with Crippen LogP contribution in [0.5, 0.6) is 5.75 Å². The highest BCUT2D eigenvalue weighted by molar-refractivity contribution is 7.20. The fourth-order valence-corrected chi connectivity index (χ4v) is 5.86. The number of anilines is 3. The topological polar surface area (TPSA) is 92.6 Å². The van der Waals surface area contributed by atoms with Crippen LogP contribution in [0.1, 0.15) is 16.9 Å². The maximum Gasteiger partial charge on any atom is 0.393 e. The van der Waals surface area contributed by atoms with Gasteiger partial charge in [-0.1, -0.05) is 24.0 Å². The molecule has 13 heteroatoms. The molecule has 3 aromatic rings. The fraction of sp³-hybridized carbons (Fsp3) is 0.414. The molecule has 2 aromatic carbocycles. The van der Waals surface area contributed by atoms with Gasteiger partial charge in [-0.05, 0) is 30.5 Å². The van der Waals surface area contributed by atoms with Crippen molar-refractivity contribution >= 4 is 38.5 Å². The highest BCUT2D eigenvalue weighted by atomic mass is 32.1. The molecule has 1 aliphatic heterocycles. The summed E-state index contributed by atoms with van der Waals surface area (Å²) in [6.07, 6.45) is -6.20. The quantitative estimate of drug-likeness (QED) is 0.182. The Balaban J connectivity index is 1.60. The SMILES string of the molecule is CN1CCC(Nc2cccc3c(CC(F)(F)F)c(C#CCNc4cc(F)c(NCCO)cc4OCC#N)sc23)C(F)C1. The summed E-state index contributed by atoms with van der Waals surface area (Å²) in [5, 5.41) is 27.1. The molecule has 1 aromatic heterocycles. The molecule has 2 atom stereocenters. The Labute approximate surface area is 244 Å². The number of halogens is 5. The van der Waals surface area contributed by atoms with Gasteiger partial charge in [0.25, 0.3) is 0 Å². The summed E-state index contributed by atoms with van der Waals surface area (Å²) >= 11 is 1.11. The summed E-state index contributed by atoms with van der Waals surface area (Å²) in [5.41, 5.74) is 0.874. The molecule has 0 amide bonds. The van der Waals surface area contributed by atoms with Crippen molar-refractivity contribution in [3.63, 3.8) is 0 Å². The largest absolute Gasteiger partial charge is 0.477 e. The van der Waals surface area contributed by atoms with E-state index in [1.807, 2.05) is 18.0 Å². The molecule has 4 N–H and O–H groups in total. The monoisotopic (exact) mass is 607 g/mol. The number of nitriles is 1. The first-order valence-corrected chi connectivity index (χ1v) is 14.0. The lowest BCUT2D eigenvalue weighted by atomic mass is 10.0. The van der Waals surface area contributed by atoms with Crippen LogP contribution in [-0.4, -0.2) is 74.8 Å². The number of thiophene rings is 1. The molecule has 2 heterocycles. The van der Waals surface area contributed by atoms with Crippen LogP contribution in [0.3, 0.4) is 0 Å². The van der Waals surface area contributed by atoms with Gasteiger partial charge in [0.2, 0.25) is 0 Å². The fourth-order valence-electron chi connectivity index (χ4n) is 4.69.